The van der Waals surface area contributed by atoms with Gasteiger partial charge < -0.3 is 10.2 Å². The fourth-order valence-corrected chi connectivity index (χ4v) is 3.34. The number of nitrogens with zero attached hydrogens (tertiary/aromatic N) is 3. The second-order valence-electron chi connectivity index (χ2n) is 6.15. The first-order chi connectivity index (χ1) is 12.4. The molecular weight excluding hydrogens is 423 g/mol. The van der Waals surface area contributed by atoms with E-state index in [1.165, 1.54) is 18.2 Å². The Balaban J connectivity index is 1.56. The second-order valence-corrected chi connectivity index (χ2v) is 7.47. The van der Waals surface area contributed by atoms with Gasteiger partial charge in [0.05, 0.1) is 16.8 Å². The molecule has 8 heteroatoms. The number of carbonyl (C=O) groups excluding carboxylic acids is 1. The molecular formula is C18H19BrClFN4O. The van der Waals surface area contributed by atoms with Gasteiger partial charge in [-0.2, -0.15) is 0 Å². The van der Waals surface area contributed by atoms with Crippen molar-refractivity contribution in [3.8, 4) is 0 Å². The molecule has 5 nitrogen and oxygen atoms in total. The highest BCUT2D eigenvalue weighted by molar-refractivity contribution is 9.10. The Labute approximate surface area is 165 Å². The van der Waals surface area contributed by atoms with Crippen molar-refractivity contribution in [1.29, 1.82) is 0 Å². The Bertz CT molecular complexity index is 781. The summed E-state index contributed by atoms with van der Waals surface area (Å²) in [6, 6.07) is 7.57. The fourth-order valence-electron chi connectivity index (χ4n) is 2.89. The highest BCUT2D eigenvalue weighted by atomic mass is 79.9. The average molecular weight is 442 g/mol. The Hall–Kier alpha value is -1.70. The van der Waals surface area contributed by atoms with E-state index >= 15 is 0 Å². The molecule has 138 valence electrons. The molecule has 1 N–H and O–H groups in total. The molecule has 1 aromatic heterocycles. The summed E-state index contributed by atoms with van der Waals surface area (Å²) < 4.78 is 14.1. The highest BCUT2D eigenvalue weighted by Gasteiger charge is 2.26. The molecule has 1 atom stereocenters. The van der Waals surface area contributed by atoms with Crippen LogP contribution in [0.2, 0.25) is 5.02 Å². The van der Waals surface area contributed by atoms with E-state index in [1.54, 1.807) is 6.20 Å². The number of hydrogen-bond donors (Lipinski definition) is 1. The number of amides is 1. The second kappa shape index (κ2) is 8.33. The van der Waals surface area contributed by atoms with Gasteiger partial charge in [0.15, 0.2) is 0 Å². The smallest absolute Gasteiger partial charge is 0.241 e. The zero-order chi connectivity index (χ0) is 18.7. The lowest BCUT2D eigenvalue weighted by atomic mass is 10.2. The average Bonchev–Trinajstić information content (AvgIpc) is 2.64. The van der Waals surface area contributed by atoms with Gasteiger partial charge in [0.25, 0.3) is 0 Å². The van der Waals surface area contributed by atoms with Gasteiger partial charge in [0.1, 0.15) is 11.6 Å². The molecule has 1 amide bonds. The van der Waals surface area contributed by atoms with Crippen LogP contribution in [0.25, 0.3) is 0 Å². The zero-order valence-corrected chi connectivity index (χ0v) is 16.6. The topological polar surface area (TPSA) is 48.5 Å². The Kier molecular flexibility index (Phi) is 6.11. The van der Waals surface area contributed by atoms with Gasteiger partial charge in [-0.25, -0.2) is 9.37 Å². The molecule has 0 spiro atoms. The van der Waals surface area contributed by atoms with E-state index in [0.717, 1.165) is 36.5 Å². The van der Waals surface area contributed by atoms with Crippen LogP contribution in [0.5, 0.6) is 0 Å². The first kappa shape index (κ1) is 19.1. The van der Waals surface area contributed by atoms with Gasteiger partial charge in [-0.05, 0) is 53.2 Å². The fraction of sp³-hybridized carbons (Fsp3) is 0.333. The molecule has 1 aromatic carbocycles. The number of hydrogen-bond acceptors (Lipinski definition) is 4. The largest absolute Gasteiger partial charge is 0.354 e. The van der Waals surface area contributed by atoms with E-state index in [-0.39, 0.29) is 17.0 Å². The number of aromatic nitrogens is 1. The number of rotatable bonds is 4. The van der Waals surface area contributed by atoms with Crippen molar-refractivity contribution in [2.24, 2.45) is 0 Å². The Morgan fingerprint density at radius 3 is 2.62 bits per heavy atom. The Morgan fingerprint density at radius 2 is 2.00 bits per heavy atom. The van der Waals surface area contributed by atoms with E-state index in [1.807, 2.05) is 19.1 Å². The van der Waals surface area contributed by atoms with Crippen molar-refractivity contribution in [1.82, 2.24) is 9.88 Å². The predicted molar refractivity (Wildman–Crippen MR) is 105 cm³/mol. The molecule has 0 aliphatic carbocycles. The molecule has 1 fully saturated rings. The van der Waals surface area contributed by atoms with E-state index < -0.39 is 5.82 Å². The molecule has 0 bridgehead atoms. The SMILES string of the molecule is CC(C(=O)Nc1ccc(F)cc1Cl)N1CCN(c2ccc(Br)cn2)CC1. The molecule has 26 heavy (non-hydrogen) atoms. The van der Waals surface area contributed by atoms with Crippen molar-refractivity contribution in [2.75, 3.05) is 36.4 Å². The van der Waals surface area contributed by atoms with Crippen LogP contribution in [0, 0.1) is 5.82 Å². The quantitative estimate of drug-likeness (QED) is 0.784. The summed E-state index contributed by atoms with van der Waals surface area (Å²) in [4.78, 5) is 21.2. The molecule has 2 heterocycles. The first-order valence-corrected chi connectivity index (χ1v) is 9.47. The van der Waals surface area contributed by atoms with Gasteiger partial charge in [0.2, 0.25) is 5.91 Å². The third kappa shape index (κ3) is 4.52. The normalized spacial score (nSPS) is 16.4. The van der Waals surface area contributed by atoms with Crippen LogP contribution in [0.15, 0.2) is 41.0 Å². The maximum Gasteiger partial charge on any atom is 0.241 e. The summed E-state index contributed by atoms with van der Waals surface area (Å²) in [7, 11) is 0. The Morgan fingerprint density at radius 1 is 1.27 bits per heavy atom. The lowest BCUT2D eigenvalue weighted by molar-refractivity contribution is -0.120. The number of halogens is 3. The summed E-state index contributed by atoms with van der Waals surface area (Å²) in [5.74, 6) is 0.343. The first-order valence-electron chi connectivity index (χ1n) is 8.30. The number of anilines is 2. The molecule has 2 aromatic rings. The zero-order valence-electron chi connectivity index (χ0n) is 14.3. The van der Waals surface area contributed by atoms with Crippen LogP contribution in [-0.2, 0) is 4.79 Å². The maximum atomic E-state index is 13.1. The number of benzene rings is 1. The summed E-state index contributed by atoms with van der Waals surface area (Å²) in [6.45, 7) is 4.96. The minimum atomic E-state index is -0.432. The molecule has 1 aliphatic heterocycles. The molecule has 1 unspecified atom stereocenters. The monoisotopic (exact) mass is 440 g/mol. The van der Waals surface area contributed by atoms with Crippen LogP contribution in [-0.4, -0.2) is 48.0 Å². The third-order valence-corrected chi connectivity index (χ3v) is 5.25. The minimum absolute atomic E-state index is 0.159. The van der Waals surface area contributed by atoms with Crippen molar-refractivity contribution in [3.63, 3.8) is 0 Å². The van der Waals surface area contributed by atoms with Gasteiger partial charge >= 0.3 is 0 Å². The summed E-state index contributed by atoms with van der Waals surface area (Å²) in [5, 5.41) is 2.96. The van der Waals surface area contributed by atoms with Gasteiger partial charge in [-0.1, -0.05) is 11.6 Å². The summed E-state index contributed by atoms with van der Waals surface area (Å²) in [5.41, 5.74) is 0.419. The van der Waals surface area contributed by atoms with Crippen LogP contribution in [0.4, 0.5) is 15.9 Å². The van der Waals surface area contributed by atoms with Crippen LogP contribution >= 0.6 is 27.5 Å². The van der Waals surface area contributed by atoms with Crippen molar-refractivity contribution < 1.29 is 9.18 Å². The van der Waals surface area contributed by atoms with Gasteiger partial charge in [-0.3, -0.25) is 9.69 Å². The highest BCUT2D eigenvalue weighted by Crippen LogP contribution is 2.23. The van der Waals surface area contributed by atoms with Crippen molar-refractivity contribution in [2.45, 2.75) is 13.0 Å². The van der Waals surface area contributed by atoms with Crippen molar-refractivity contribution >= 4 is 44.9 Å². The van der Waals surface area contributed by atoms with Crippen LogP contribution < -0.4 is 10.2 Å². The number of nitrogens with one attached hydrogen (secondary N) is 1. The summed E-state index contributed by atoms with van der Waals surface area (Å²) in [6.07, 6.45) is 1.78. The van der Waals surface area contributed by atoms with E-state index in [9.17, 15) is 9.18 Å². The minimum Gasteiger partial charge on any atom is -0.354 e. The molecule has 1 aliphatic rings. The summed E-state index contributed by atoms with van der Waals surface area (Å²) >= 11 is 9.36. The van der Waals surface area contributed by atoms with E-state index in [4.69, 9.17) is 11.6 Å². The molecule has 0 radical (unpaired) electrons. The lowest BCUT2D eigenvalue weighted by Gasteiger charge is -2.38. The van der Waals surface area contributed by atoms with Gasteiger partial charge in [0, 0.05) is 36.8 Å². The number of pyridine rings is 1. The maximum absolute atomic E-state index is 13.1. The predicted octanol–water partition coefficient (Wildman–Crippen LogP) is 3.79. The van der Waals surface area contributed by atoms with Crippen LogP contribution in [0.3, 0.4) is 0 Å². The number of carbonyl (C=O) groups is 1. The molecule has 3 rings (SSSR count). The lowest BCUT2D eigenvalue weighted by Crippen LogP contribution is -2.53. The standard InChI is InChI=1S/C18H19BrClFN4O/c1-12(18(26)23-16-4-3-14(21)10-15(16)20)24-6-8-25(9-7-24)17-5-2-13(19)11-22-17/h2-5,10-12H,6-9H2,1H3,(H,23,26). The third-order valence-electron chi connectivity index (χ3n) is 4.47. The van der Waals surface area contributed by atoms with E-state index in [2.05, 4.69) is 36.0 Å². The van der Waals surface area contributed by atoms with Gasteiger partial charge in [-0.15, -0.1) is 0 Å². The molecule has 1 saturated heterocycles. The number of piperazine rings is 1. The van der Waals surface area contributed by atoms with E-state index in [0.29, 0.717) is 5.69 Å². The van der Waals surface area contributed by atoms with Crippen molar-refractivity contribution in [3.05, 3.63) is 51.8 Å². The molecule has 0 saturated carbocycles. The van der Waals surface area contributed by atoms with Crippen LogP contribution in [0.1, 0.15) is 6.92 Å².